The summed E-state index contributed by atoms with van der Waals surface area (Å²) in [6.07, 6.45) is 7.73. The van der Waals surface area contributed by atoms with E-state index in [0.717, 1.165) is 0 Å². The van der Waals surface area contributed by atoms with Gasteiger partial charge in [0.15, 0.2) is 0 Å². The first-order valence-corrected chi connectivity index (χ1v) is 11.7. The molecule has 2 aliphatic rings. The van der Waals surface area contributed by atoms with Gasteiger partial charge in [-0.15, -0.1) is 0 Å². The van der Waals surface area contributed by atoms with Crippen molar-refractivity contribution < 1.29 is 0 Å². The van der Waals surface area contributed by atoms with E-state index in [2.05, 4.69) is 83.1 Å². The molecule has 2 unspecified atom stereocenters. The molecule has 0 aliphatic heterocycles. The molecule has 2 atom stereocenters. The zero-order valence-electron chi connectivity index (χ0n) is 18.6. The highest BCUT2D eigenvalue weighted by Gasteiger charge is 2.48. The maximum absolute atomic E-state index is 2.56. The molecule has 0 heteroatoms. The standard InChI is InChI=1S/C28H38/c1-6-27(7-2)18-23(21-14-10-12-16-25(21)27)20(5)24-19-28(8-3,9-4)26-17-13-11-15-22(24)26/h10-17,20,23-24H,6-9,18-19H2,1-5H3. The van der Waals surface area contributed by atoms with E-state index in [0.29, 0.717) is 28.6 Å². The lowest BCUT2D eigenvalue weighted by molar-refractivity contribution is 0.275. The Labute approximate surface area is 172 Å². The van der Waals surface area contributed by atoms with Crippen LogP contribution in [0.4, 0.5) is 0 Å². The molecule has 0 fully saturated rings. The number of hydrogen-bond donors (Lipinski definition) is 0. The number of hydrogen-bond acceptors (Lipinski definition) is 0. The summed E-state index contributed by atoms with van der Waals surface area (Å²) in [6, 6.07) is 18.8. The third-order valence-corrected chi connectivity index (χ3v) is 9.06. The second-order valence-electron chi connectivity index (χ2n) is 9.63. The second-order valence-corrected chi connectivity index (χ2v) is 9.63. The molecule has 0 aromatic heterocycles. The molecule has 0 amide bonds. The normalized spacial score (nSPS) is 25.3. The Hall–Kier alpha value is -1.56. The maximum atomic E-state index is 2.56. The van der Waals surface area contributed by atoms with E-state index >= 15 is 0 Å². The molecular weight excluding hydrogens is 336 g/mol. The molecule has 0 radical (unpaired) electrons. The highest BCUT2D eigenvalue weighted by atomic mass is 14.5. The fraction of sp³-hybridized carbons (Fsp3) is 0.571. The first-order chi connectivity index (χ1) is 13.6. The third kappa shape index (κ3) is 2.71. The van der Waals surface area contributed by atoms with Gasteiger partial charge >= 0.3 is 0 Å². The van der Waals surface area contributed by atoms with Gasteiger partial charge < -0.3 is 0 Å². The van der Waals surface area contributed by atoms with Crippen molar-refractivity contribution in [2.24, 2.45) is 5.92 Å². The van der Waals surface area contributed by atoms with Crippen LogP contribution in [0.3, 0.4) is 0 Å². The van der Waals surface area contributed by atoms with Gasteiger partial charge in [0, 0.05) is 0 Å². The van der Waals surface area contributed by atoms with Gasteiger partial charge in [-0.05, 0) is 89.4 Å². The molecule has 0 bridgehead atoms. The Morgan fingerprint density at radius 3 is 1.39 bits per heavy atom. The SMILES string of the molecule is CCC1(CC)CC(C(C)C2CC(CC)(CC)c3ccccc32)c2ccccc21. The van der Waals surface area contributed by atoms with Gasteiger partial charge in [0.05, 0.1) is 0 Å². The number of fused-ring (bicyclic) bond motifs is 2. The Kier molecular flexibility index (Phi) is 5.19. The maximum Gasteiger partial charge on any atom is -0.00435 e. The van der Waals surface area contributed by atoms with Crippen LogP contribution >= 0.6 is 0 Å². The average Bonchev–Trinajstić information content (AvgIpc) is 3.28. The lowest BCUT2D eigenvalue weighted by Gasteiger charge is -2.32. The van der Waals surface area contributed by atoms with Crippen molar-refractivity contribution in [2.75, 3.05) is 0 Å². The summed E-state index contributed by atoms with van der Waals surface area (Å²) in [5, 5.41) is 0. The van der Waals surface area contributed by atoms with Crippen LogP contribution in [-0.4, -0.2) is 0 Å². The van der Waals surface area contributed by atoms with E-state index in [1.165, 1.54) is 38.5 Å². The van der Waals surface area contributed by atoms with E-state index in [1.54, 1.807) is 22.3 Å². The molecule has 0 N–H and O–H groups in total. The molecule has 0 saturated heterocycles. The first-order valence-electron chi connectivity index (χ1n) is 11.7. The summed E-state index contributed by atoms with van der Waals surface area (Å²) in [5.41, 5.74) is 7.39. The molecule has 0 nitrogen and oxygen atoms in total. The van der Waals surface area contributed by atoms with Crippen molar-refractivity contribution in [3.05, 3.63) is 70.8 Å². The van der Waals surface area contributed by atoms with Gasteiger partial charge in [0.25, 0.3) is 0 Å². The van der Waals surface area contributed by atoms with Gasteiger partial charge in [-0.25, -0.2) is 0 Å². The molecule has 150 valence electrons. The average molecular weight is 375 g/mol. The van der Waals surface area contributed by atoms with Crippen LogP contribution in [0.25, 0.3) is 0 Å². The van der Waals surface area contributed by atoms with Crippen LogP contribution in [-0.2, 0) is 10.8 Å². The summed E-state index contributed by atoms with van der Waals surface area (Å²) in [5.74, 6) is 2.08. The van der Waals surface area contributed by atoms with Gasteiger partial charge in [0.1, 0.15) is 0 Å². The van der Waals surface area contributed by atoms with Gasteiger partial charge in [0.2, 0.25) is 0 Å². The van der Waals surface area contributed by atoms with Crippen molar-refractivity contribution in [3.63, 3.8) is 0 Å². The van der Waals surface area contributed by atoms with Crippen molar-refractivity contribution in [1.29, 1.82) is 0 Å². The Morgan fingerprint density at radius 2 is 1.04 bits per heavy atom. The van der Waals surface area contributed by atoms with Gasteiger partial charge in [-0.1, -0.05) is 83.1 Å². The molecule has 2 aromatic carbocycles. The molecule has 0 saturated carbocycles. The Morgan fingerprint density at radius 1 is 0.679 bits per heavy atom. The van der Waals surface area contributed by atoms with Crippen LogP contribution in [0.5, 0.6) is 0 Å². The predicted octanol–water partition coefficient (Wildman–Crippen LogP) is 8.11. The van der Waals surface area contributed by atoms with E-state index in [9.17, 15) is 0 Å². The first kappa shape index (κ1) is 19.7. The quantitative estimate of drug-likeness (QED) is 0.479. The summed E-state index contributed by atoms with van der Waals surface area (Å²) in [6.45, 7) is 12.2. The number of rotatable bonds is 6. The lowest BCUT2D eigenvalue weighted by Crippen LogP contribution is -2.24. The lowest BCUT2D eigenvalue weighted by atomic mass is 9.71. The van der Waals surface area contributed by atoms with E-state index < -0.39 is 0 Å². The van der Waals surface area contributed by atoms with E-state index in [-0.39, 0.29) is 0 Å². The zero-order valence-corrected chi connectivity index (χ0v) is 18.6. The molecule has 28 heavy (non-hydrogen) atoms. The molecule has 2 aromatic rings. The van der Waals surface area contributed by atoms with Crippen molar-refractivity contribution >= 4 is 0 Å². The fourth-order valence-corrected chi connectivity index (χ4v) is 6.95. The highest BCUT2D eigenvalue weighted by molar-refractivity contribution is 5.46. The minimum atomic E-state index is 0.389. The summed E-state index contributed by atoms with van der Waals surface area (Å²) >= 11 is 0. The van der Waals surface area contributed by atoms with Crippen LogP contribution in [0.15, 0.2) is 48.5 Å². The van der Waals surface area contributed by atoms with Crippen LogP contribution in [0.1, 0.15) is 107 Å². The highest BCUT2D eigenvalue weighted by Crippen LogP contribution is 2.59. The van der Waals surface area contributed by atoms with Crippen LogP contribution in [0, 0.1) is 5.92 Å². The molecule has 4 rings (SSSR count). The molecule has 0 heterocycles. The minimum absolute atomic E-state index is 0.389. The monoisotopic (exact) mass is 374 g/mol. The topological polar surface area (TPSA) is 0 Å². The van der Waals surface area contributed by atoms with Gasteiger partial charge in [-0.2, -0.15) is 0 Å². The van der Waals surface area contributed by atoms with Crippen molar-refractivity contribution in [1.82, 2.24) is 0 Å². The second kappa shape index (κ2) is 7.36. The predicted molar refractivity (Wildman–Crippen MR) is 121 cm³/mol. The van der Waals surface area contributed by atoms with Crippen molar-refractivity contribution in [2.45, 2.75) is 95.8 Å². The minimum Gasteiger partial charge on any atom is -0.0645 e. The third-order valence-electron chi connectivity index (χ3n) is 9.06. The molecule has 2 aliphatic carbocycles. The summed E-state index contributed by atoms with van der Waals surface area (Å²) in [4.78, 5) is 0. The van der Waals surface area contributed by atoms with Crippen molar-refractivity contribution in [3.8, 4) is 0 Å². The Balaban J connectivity index is 1.74. The van der Waals surface area contributed by atoms with E-state index in [1.807, 2.05) is 0 Å². The van der Waals surface area contributed by atoms with E-state index in [4.69, 9.17) is 0 Å². The number of benzene rings is 2. The largest absolute Gasteiger partial charge is 0.0645 e. The zero-order chi connectivity index (χ0) is 19.9. The fourth-order valence-electron chi connectivity index (χ4n) is 6.95. The summed E-state index contributed by atoms with van der Waals surface area (Å²) < 4.78 is 0. The Bertz CT molecular complexity index is 752. The molecular formula is C28H38. The molecule has 0 spiro atoms. The van der Waals surface area contributed by atoms with Crippen LogP contribution in [0.2, 0.25) is 0 Å². The summed E-state index contributed by atoms with van der Waals surface area (Å²) in [7, 11) is 0. The van der Waals surface area contributed by atoms with Crippen LogP contribution < -0.4 is 0 Å². The smallest absolute Gasteiger partial charge is 0.00435 e. The van der Waals surface area contributed by atoms with Gasteiger partial charge in [-0.3, -0.25) is 0 Å².